The maximum absolute atomic E-state index is 12.4. The van der Waals surface area contributed by atoms with Gasteiger partial charge in [-0.1, -0.05) is 12.1 Å². The van der Waals surface area contributed by atoms with Crippen molar-refractivity contribution in [2.24, 2.45) is 7.05 Å². The molecule has 1 heterocycles. The zero-order valence-corrected chi connectivity index (χ0v) is 14.4. The predicted molar refractivity (Wildman–Crippen MR) is 95.9 cm³/mol. The van der Waals surface area contributed by atoms with Crippen molar-refractivity contribution >= 4 is 16.9 Å². The monoisotopic (exact) mass is 337 g/mol. The molecule has 3 aromatic rings. The molecule has 6 heteroatoms. The molecule has 0 unspecified atom stereocenters. The summed E-state index contributed by atoms with van der Waals surface area (Å²) in [7, 11) is 3.30. The molecule has 0 spiro atoms. The third-order valence-corrected chi connectivity index (χ3v) is 4.09. The van der Waals surface area contributed by atoms with Crippen LogP contribution in [0.25, 0.3) is 11.0 Å². The maximum atomic E-state index is 12.4. The SMILES string of the molecule is COc1cccc(CNC(=O)c2ccc3c(c2)nc(C)c(=O)n3C)c1. The highest BCUT2D eigenvalue weighted by atomic mass is 16.5. The fourth-order valence-corrected chi connectivity index (χ4v) is 2.69. The summed E-state index contributed by atoms with van der Waals surface area (Å²) < 4.78 is 6.71. The van der Waals surface area contributed by atoms with E-state index >= 15 is 0 Å². The Hall–Kier alpha value is -3.15. The first kappa shape index (κ1) is 16.7. The third kappa shape index (κ3) is 3.38. The van der Waals surface area contributed by atoms with E-state index in [9.17, 15) is 9.59 Å². The van der Waals surface area contributed by atoms with Crippen LogP contribution in [0.3, 0.4) is 0 Å². The fraction of sp³-hybridized carbons (Fsp3) is 0.211. The highest BCUT2D eigenvalue weighted by molar-refractivity contribution is 5.97. The summed E-state index contributed by atoms with van der Waals surface area (Å²) in [6.45, 7) is 2.06. The molecular formula is C19H19N3O3. The van der Waals surface area contributed by atoms with Crippen LogP contribution in [-0.4, -0.2) is 22.6 Å². The number of methoxy groups -OCH3 is 1. The van der Waals surface area contributed by atoms with E-state index in [0.29, 0.717) is 28.8 Å². The number of amides is 1. The van der Waals surface area contributed by atoms with Crippen LogP contribution in [-0.2, 0) is 13.6 Å². The Labute approximate surface area is 145 Å². The van der Waals surface area contributed by atoms with Crippen LogP contribution in [0, 0.1) is 6.92 Å². The van der Waals surface area contributed by atoms with E-state index in [-0.39, 0.29) is 11.5 Å². The Morgan fingerprint density at radius 1 is 1.24 bits per heavy atom. The van der Waals surface area contributed by atoms with Gasteiger partial charge in [0.15, 0.2) is 0 Å². The lowest BCUT2D eigenvalue weighted by Gasteiger charge is -2.09. The van der Waals surface area contributed by atoms with Crippen LogP contribution in [0.15, 0.2) is 47.3 Å². The normalized spacial score (nSPS) is 10.7. The topological polar surface area (TPSA) is 73.2 Å². The van der Waals surface area contributed by atoms with Crippen molar-refractivity contribution in [1.29, 1.82) is 0 Å². The van der Waals surface area contributed by atoms with Gasteiger partial charge in [-0.25, -0.2) is 4.98 Å². The first-order chi connectivity index (χ1) is 12.0. The van der Waals surface area contributed by atoms with Gasteiger partial charge in [-0.2, -0.15) is 0 Å². The first-order valence-corrected chi connectivity index (χ1v) is 7.88. The lowest BCUT2D eigenvalue weighted by atomic mass is 10.1. The van der Waals surface area contributed by atoms with E-state index in [4.69, 9.17) is 4.74 Å². The second-order valence-corrected chi connectivity index (χ2v) is 5.80. The minimum absolute atomic E-state index is 0.136. The molecule has 25 heavy (non-hydrogen) atoms. The summed E-state index contributed by atoms with van der Waals surface area (Å²) in [6, 6.07) is 12.7. The Bertz CT molecular complexity index is 1010. The van der Waals surface area contributed by atoms with Crippen molar-refractivity contribution in [3.05, 3.63) is 69.6 Å². The Kier molecular flexibility index (Phi) is 4.52. The van der Waals surface area contributed by atoms with Gasteiger partial charge in [0.25, 0.3) is 11.5 Å². The summed E-state index contributed by atoms with van der Waals surface area (Å²) in [6.07, 6.45) is 0. The molecule has 1 amide bonds. The summed E-state index contributed by atoms with van der Waals surface area (Å²) in [5.74, 6) is 0.552. The van der Waals surface area contributed by atoms with Gasteiger partial charge >= 0.3 is 0 Å². The molecule has 3 rings (SSSR count). The number of rotatable bonds is 4. The molecule has 0 atom stereocenters. The van der Waals surface area contributed by atoms with Gasteiger partial charge in [-0.3, -0.25) is 9.59 Å². The number of aryl methyl sites for hydroxylation is 2. The molecule has 0 aliphatic heterocycles. The third-order valence-electron chi connectivity index (χ3n) is 4.09. The van der Waals surface area contributed by atoms with E-state index in [1.807, 2.05) is 24.3 Å². The smallest absolute Gasteiger partial charge is 0.272 e. The Balaban J connectivity index is 1.82. The molecule has 0 aliphatic rings. The van der Waals surface area contributed by atoms with Gasteiger partial charge in [0.1, 0.15) is 11.4 Å². The zero-order chi connectivity index (χ0) is 18.0. The quantitative estimate of drug-likeness (QED) is 0.792. The standard InChI is InChI=1S/C19H19N3O3/c1-12-19(24)22(2)17-8-7-14(10-16(17)21-12)18(23)20-11-13-5-4-6-15(9-13)25-3/h4-10H,11H2,1-3H3,(H,20,23). The van der Waals surface area contributed by atoms with Crippen LogP contribution in [0.4, 0.5) is 0 Å². The number of nitrogens with zero attached hydrogens (tertiary/aromatic N) is 2. The van der Waals surface area contributed by atoms with Gasteiger partial charge in [0, 0.05) is 19.2 Å². The van der Waals surface area contributed by atoms with Crippen molar-refractivity contribution in [2.75, 3.05) is 7.11 Å². The highest BCUT2D eigenvalue weighted by Gasteiger charge is 2.10. The van der Waals surface area contributed by atoms with Gasteiger partial charge in [-0.15, -0.1) is 0 Å². The van der Waals surface area contributed by atoms with Gasteiger partial charge < -0.3 is 14.6 Å². The largest absolute Gasteiger partial charge is 0.497 e. The summed E-state index contributed by atoms with van der Waals surface area (Å²) in [4.78, 5) is 28.6. The summed E-state index contributed by atoms with van der Waals surface area (Å²) in [5.41, 5.74) is 3.03. The molecule has 2 aromatic carbocycles. The van der Waals surface area contributed by atoms with E-state index < -0.39 is 0 Å². The molecule has 1 aromatic heterocycles. The first-order valence-electron chi connectivity index (χ1n) is 7.88. The second kappa shape index (κ2) is 6.76. The molecule has 0 bridgehead atoms. The zero-order valence-electron chi connectivity index (χ0n) is 14.4. The molecule has 1 N–H and O–H groups in total. The van der Waals surface area contributed by atoms with E-state index in [0.717, 1.165) is 11.3 Å². The van der Waals surface area contributed by atoms with Gasteiger partial charge in [0.05, 0.1) is 18.1 Å². The van der Waals surface area contributed by atoms with E-state index in [2.05, 4.69) is 10.3 Å². The lowest BCUT2D eigenvalue weighted by Crippen LogP contribution is -2.24. The lowest BCUT2D eigenvalue weighted by molar-refractivity contribution is 0.0951. The minimum atomic E-state index is -0.196. The highest BCUT2D eigenvalue weighted by Crippen LogP contribution is 2.14. The summed E-state index contributed by atoms with van der Waals surface area (Å²) >= 11 is 0. The number of hydrogen-bond acceptors (Lipinski definition) is 4. The van der Waals surface area contributed by atoms with E-state index in [1.165, 1.54) is 4.57 Å². The number of aromatic nitrogens is 2. The van der Waals surface area contributed by atoms with Crippen molar-refractivity contribution in [3.63, 3.8) is 0 Å². The van der Waals surface area contributed by atoms with Crippen LogP contribution in [0.5, 0.6) is 5.75 Å². The minimum Gasteiger partial charge on any atom is -0.497 e. The number of fused-ring (bicyclic) bond motifs is 1. The Morgan fingerprint density at radius 2 is 2.04 bits per heavy atom. The molecule has 0 fully saturated rings. The number of carbonyl (C=O) groups is 1. The molecule has 0 saturated carbocycles. The molecule has 0 radical (unpaired) electrons. The van der Waals surface area contributed by atoms with Crippen molar-refractivity contribution in [1.82, 2.24) is 14.9 Å². The molecule has 128 valence electrons. The molecule has 6 nitrogen and oxygen atoms in total. The summed E-state index contributed by atoms with van der Waals surface area (Å²) in [5, 5.41) is 2.88. The van der Waals surface area contributed by atoms with Crippen LogP contribution in [0.2, 0.25) is 0 Å². The molecular weight excluding hydrogens is 318 g/mol. The average Bonchev–Trinajstić information content (AvgIpc) is 2.64. The maximum Gasteiger partial charge on any atom is 0.272 e. The fourth-order valence-electron chi connectivity index (χ4n) is 2.69. The number of hydrogen-bond donors (Lipinski definition) is 1. The van der Waals surface area contributed by atoms with Crippen LogP contribution in [0.1, 0.15) is 21.6 Å². The van der Waals surface area contributed by atoms with Gasteiger partial charge in [0.2, 0.25) is 0 Å². The number of nitrogens with one attached hydrogen (secondary N) is 1. The van der Waals surface area contributed by atoms with Crippen molar-refractivity contribution in [2.45, 2.75) is 13.5 Å². The Morgan fingerprint density at radius 3 is 2.80 bits per heavy atom. The van der Waals surface area contributed by atoms with Crippen molar-refractivity contribution < 1.29 is 9.53 Å². The van der Waals surface area contributed by atoms with E-state index in [1.54, 1.807) is 39.3 Å². The van der Waals surface area contributed by atoms with Crippen LogP contribution < -0.4 is 15.6 Å². The second-order valence-electron chi connectivity index (χ2n) is 5.80. The number of ether oxygens (including phenoxy) is 1. The molecule has 0 aliphatic carbocycles. The average molecular weight is 337 g/mol. The number of carbonyl (C=O) groups excluding carboxylic acids is 1. The van der Waals surface area contributed by atoms with Crippen molar-refractivity contribution in [3.8, 4) is 5.75 Å². The predicted octanol–water partition coefficient (Wildman–Crippen LogP) is 2.18. The molecule has 0 saturated heterocycles. The van der Waals surface area contributed by atoms with Gasteiger partial charge in [-0.05, 0) is 42.8 Å². The number of benzene rings is 2. The van der Waals surface area contributed by atoms with Crippen LogP contribution >= 0.6 is 0 Å².